The van der Waals surface area contributed by atoms with Gasteiger partial charge in [-0.2, -0.15) is 13.5 Å². The molecule has 2 aliphatic rings. The third-order valence-corrected chi connectivity index (χ3v) is 7.87. The van der Waals surface area contributed by atoms with E-state index in [-0.39, 0.29) is 12.0 Å². The molecule has 0 saturated heterocycles. The zero-order valence-corrected chi connectivity index (χ0v) is 18.7. The van der Waals surface area contributed by atoms with Crippen LogP contribution in [0.1, 0.15) is 59.7 Å². The van der Waals surface area contributed by atoms with Crippen molar-refractivity contribution in [3.63, 3.8) is 0 Å². The summed E-state index contributed by atoms with van der Waals surface area (Å²) < 4.78 is 36.3. The van der Waals surface area contributed by atoms with Gasteiger partial charge in [0.15, 0.2) is 0 Å². The van der Waals surface area contributed by atoms with Crippen LogP contribution in [-0.2, 0) is 10.1 Å². The Morgan fingerprint density at radius 2 is 1.90 bits per heavy atom. The number of benzene rings is 1. The van der Waals surface area contributed by atoms with Crippen LogP contribution in [0.3, 0.4) is 0 Å². The molecular formula is C23H24ClN3O3S. The molecule has 0 aliphatic heterocycles. The number of hydrogen-bond acceptors (Lipinski definition) is 4. The molecule has 6 nitrogen and oxygen atoms in total. The fourth-order valence-corrected chi connectivity index (χ4v) is 6.00. The molecule has 1 N–H and O–H groups in total. The molecule has 5 rings (SSSR count). The van der Waals surface area contributed by atoms with Crippen molar-refractivity contribution in [2.75, 3.05) is 0 Å². The van der Waals surface area contributed by atoms with Crippen LogP contribution >= 0.6 is 11.6 Å². The Hall–Kier alpha value is -2.22. The quantitative estimate of drug-likeness (QED) is 0.397. The molecule has 2 fully saturated rings. The fraction of sp³-hybridized carbons (Fsp3) is 0.391. The Balaban J connectivity index is 1.40. The number of aryl methyl sites for hydroxylation is 1. The lowest BCUT2D eigenvalue weighted by Crippen LogP contribution is -2.34. The molecule has 1 unspecified atom stereocenters. The lowest BCUT2D eigenvalue weighted by Gasteiger charge is -2.39. The third kappa shape index (κ3) is 4.14. The topological polar surface area (TPSA) is 85.1 Å². The molecule has 31 heavy (non-hydrogen) atoms. The first-order chi connectivity index (χ1) is 14.8. The second-order valence-electron chi connectivity index (χ2n) is 8.76. The first kappa shape index (κ1) is 20.7. The summed E-state index contributed by atoms with van der Waals surface area (Å²) in [5.74, 6) is 0.300. The molecule has 2 saturated carbocycles. The van der Waals surface area contributed by atoms with E-state index in [1.54, 1.807) is 12.1 Å². The summed E-state index contributed by atoms with van der Waals surface area (Å²) >= 11 is 6.10. The molecule has 2 aliphatic carbocycles. The van der Waals surface area contributed by atoms with Crippen molar-refractivity contribution < 1.29 is 13.0 Å². The minimum absolute atomic E-state index is 0.101. The molecule has 8 heteroatoms. The predicted octanol–water partition coefficient (Wildman–Crippen LogP) is 5.36. The maximum Gasteiger partial charge on any atom is 0.272 e. The highest BCUT2D eigenvalue weighted by atomic mass is 35.5. The smallest absolute Gasteiger partial charge is 0.272 e. The maximum absolute atomic E-state index is 12.2. The van der Waals surface area contributed by atoms with E-state index in [0.29, 0.717) is 29.5 Å². The summed E-state index contributed by atoms with van der Waals surface area (Å²) in [6.07, 6.45) is 5.55. The molecule has 3 aromatic rings. The van der Waals surface area contributed by atoms with Gasteiger partial charge in [-0.25, -0.2) is 4.98 Å². The van der Waals surface area contributed by atoms with Crippen LogP contribution in [0.5, 0.6) is 0 Å². The maximum atomic E-state index is 12.2. The Morgan fingerprint density at radius 1 is 1.16 bits per heavy atom. The molecular weight excluding hydrogens is 434 g/mol. The zero-order chi connectivity index (χ0) is 21.8. The number of rotatable bonds is 6. The van der Waals surface area contributed by atoms with E-state index in [0.717, 1.165) is 35.4 Å². The Bertz CT molecular complexity index is 1230. The second-order valence-corrected chi connectivity index (χ2v) is 10.7. The van der Waals surface area contributed by atoms with Gasteiger partial charge in [-0.15, -0.1) is 0 Å². The van der Waals surface area contributed by atoms with Gasteiger partial charge >= 0.3 is 0 Å². The van der Waals surface area contributed by atoms with Gasteiger partial charge in [0.05, 0.1) is 17.4 Å². The Kier molecular flexibility index (Phi) is 5.15. The molecule has 0 bridgehead atoms. The summed E-state index contributed by atoms with van der Waals surface area (Å²) in [6, 6.07) is 13.1. The van der Waals surface area contributed by atoms with Crippen molar-refractivity contribution in [2.45, 2.75) is 49.8 Å². The van der Waals surface area contributed by atoms with Crippen molar-refractivity contribution in [2.24, 2.45) is 5.92 Å². The van der Waals surface area contributed by atoms with E-state index in [2.05, 4.69) is 4.98 Å². The number of aromatic nitrogens is 3. The van der Waals surface area contributed by atoms with Crippen molar-refractivity contribution in [1.82, 2.24) is 14.8 Å². The lowest BCUT2D eigenvalue weighted by molar-refractivity contribution is 0.172. The van der Waals surface area contributed by atoms with Crippen LogP contribution < -0.4 is 0 Å². The first-order valence-corrected chi connectivity index (χ1v) is 12.4. The van der Waals surface area contributed by atoms with E-state index in [1.165, 1.54) is 0 Å². The molecule has 0 radical (unpaired) electrons. The molecule has 2 heterocycles. The van der Waals surface area contributed by atoms with E-state index < -0.39 is 15.4 Å². The van der Waals surface area contributed by atoms with Crippen LogP contribution in [0.2, 0.25) is 5.15 Å². The molecule has 0 spiro atoms. The molecule has 162 valence electrons. The van der Waals surface area contributed by atoms with E-state index in [4.69, 9.17) is 16.7 Å². The van der Waals surface area contributed by atoms with Gasteiger partial charge in [-0.3, -0.25) is 9.23 Å². The number of pyridine rings is 1. The van der Waals surface area contributed by atoms with E-state index >= 15 is 0 Å². The number of hydrogen-bond donors (Lipinski definition) is 1. The zero-order valence-electron chi connectivity index (χ0n) is 17.1. The summed E-state index contributed by atoms with van der Waals surface area (Å²) in [6.45, 7) is 1.92. The van der Waals surface area contributed by atoms with Crippen molar-refractivity contribution in [3.8, 4) is 11.3 Å². The van der Waals surface area contributed by atoms with Gasteiger partial charge in [-0.1, -0.05) is 47.5 Å². The number of nitrogens with zero attached hydrogens (tertiary/aromatic N) is 3. The summed E-state index contributed by atoms with van der Waals surface area (Å²) in [5.41, 5.74) is 4.48. The molecule has 2 aromatic heterocycles. The van der Waals surface area contributed by atoms with Crippen LogP contribution in [0, 0.1) is 12.8 Å². The fourth-order valence-electron chi connectivity index (χ4n) is 4.63. The standard InChI is InChI=1S/C23H24ClN3O3S/c1-14-4-2-5-16(10-14)23(31(28,29)30)17-11-18(12-17)27-13-19(22(26-27)15-8-9-15)20-6-3-7-21(24)25-20/h2-7,10,13,15,17-18,23H,8-9,11-12H2,1H3,(H,28,29,30). The minimum atomic E-state index is -4.21. The van der Waals surface area contributed by atoms with Gasteiger partial charge in [-0.05, 0) is 56.2 Å². The van der Waals surface area contributed by atoms with Gasteiger partial charge in [0.1, 0.15) is 10.4 Å². The van der Waals surface area contributed by atoms with Gasteiger partial charge < -0.3 is 0 Å². The van der Waals surface area contributed by atoms with Crippen molar-refractivity contribution >= 4 is 21.7 Å². The Labute approximate surface area is 187 Å². The highest BCUT2D eigenvalue weighted by Crippen LogP contribution is 2.49. The average molecular weight is 458 g/mol. The monoisotopic (exact) mass is 457 g/mol. The van der Waals surface area contributed by atoms with Crippen LogP contribution in [0.25, 0.3) is 11.3 Å². The second kappa shape index (κ2) is 7.73. The van der Waals surface area contributed by atoms with Crippen molar-refractivity contribution in [3.05, 3.63) is 70.6 Å². The summed E-state index contributed by atoms with van der Waals surface area (Å²) in [4.78, 5) is 4.45. The molecule has 1 atom stereocenters. The highest BCUT2D eigenvalue weighted by molar-refractivity contribution is 7.86. The first-order valence-electron chi connectivity index (χ1n) is 10.5. The SMILES string of the molecule is Cc1cccc(C(C2CC(n3cc(-c4cccc(Cl)n4)c(C4CC4)n3)C2)S(=O)(=O)O)c1. The predicted molar refractivity (Wildman–Crippen MR) is 120 cm³/mol. The van der Waals surface area contributed by atoms with Crippen molar-refractivity contribution in [1.29, 1.82) is 0 Å². The minimum Gasteiger partial charge on any atom is -0.285 e. The largest absolute Gasteiger partial charge is 0.285 e. The van der Waals surface area contributed by atoms with Crippen LogP contribution in [0.4, 0.5) is 0 Å². The van der Waals surface area contributed by atoms with Crippen LogP contribution in [0.15, 0.2) is 48.7 Å². The molecule has 1 aromatic carbocycles. The average Bonchev–Trinajstić information content (AvgIpc) is 3.42. The summed E-state index contributed by atoms with van der Waals surface area (Å²) in [5, 5.41) is 4.41. The molecule has 0 amide bonds. The highest BCUT2D eigenvalue weighted by Gasteiger charge is 2.43. The lowest BCUT2D eigenvalue weighted by atomic mass is 9.76. The van der Waals surface area contributed by atoms with Crippen LogP contribution in [-0.4, -0.2) is 27.7 Å². The summed E-state index contributed by atoms with van der Waals surface area (Å²) in [7, 11) is -4.21. The van der Waals surface area contributed by atoms with Gasteiger partial charge in [0.2, 0.25) is 0 Å². The normalized spacial score (nSPS) is 22.2. The van der Waals surface area contributed by atoms with Gasteiger partial charge in [0, 0.05) is 17.7 Å². The Morgan fingerprint density at radius 3 is 2.55 bits per heavy atom. The van der Waals surface area contributed by atoms with E-state index in [9.17, 15) is 13.0 Å². The number of halogens is 1. The van der Waals surface area contributed by atoms with E-state index in [1.807, 2.05) is 48.1 Å². The van der Waals surface area contributed by atoms with Gasteiger partial charge in [0.25, 0.3) is 10.1 Å². The third-order valence-electron chi connectivity index (χ3n) is 6.36.